The lowest BCUT2D eigenvalue weighted by molar-refractivity contribution is -0.129. The second kappa shape index (κ2) is 9.09. The van der Waals surface area contributed by atoms with Crippen molar-refractivity contribution in [3.8, 4) is 0 Å². The van der Waals surface area contributed by atoms with Crippen molar-refractivity contribution in [2.75, 3.05) is 24.6 Å². The van der Waals surface area contributed by atoms with Crippen LogP contribution >= 0.6 is 27.3 Å². The third-order valence-electron chi connectivity index (χ3n) is 5.00. The minimum absolute atomic E-state index is 0.431. The third kappa shape index (κ3) is 5.55. The van der Waals surface area contributed by atoms with Gasteiger partial charge in [0.05, 0.1) is 10.2 Å². The van der Waals surface area contributed by atoms with Crippen molar-refractivity contribution in [3.05, 3.63) is 27.5 Å². The first-order chi connectivity index (χ1) is 13.7. The molecule has 0 unspecified atom stereocenters. The molecule has 0 N–H and O–H groups in total. The lowest BCUT2D eigenvalue weighted by Crippen LogP contribution is -2.41. The standard InChI is InChI=1S/C19H24BrN3O4S2/c1-3-23-15-5-4-14(20)10-16(15)28-19(23)21-17(24)11-29(26,27)12-18(25)22-8-6-13(2)7-9-22/h4-5,10,13H,3,6-9,11-12H2,1-2H3. The first-order valence-electron chi connectivity index (χ1n) is 9.53. The number of benzene rings is 1. The van der Waals surface area contributed by atoms with Crippen LogP contribution in [0, 0.1) is 5.92 Å². The van der Waals surface area contributed by atoms with E-state index in [-0.39, 0.29) is 0 Å². The molecule has 1 saturated heterocycles. The molecular formula is C19H24BrN3O4S2. The van der Waals surface area contributed by atoms with E-state index in [9.17, 15) is 18.0 Å². The van der Waals surface area contributed by atoms with Crippen LogP contribution in [0.15, 0.2) is 27.7 Å². The summed E-state index contributed by atoms with van der Waals surface area (Å²) >= 11 is 4.75. The molecule has 158 valence electrons. The highest BCUT2D eigenvalue weighted by atomic mass is 79.9. The number of hydrogen-bond donors (Lipinski definition) is 0. The van der Waals surface area contributed by atoms with Crippen LogP contribution in [0.4, 0.5) is 0 Å². The molecule has 1 fully saturated rings. The maximum atomic E-state index is 12.4. The number of halogens is 1. The molecule has 2 aromatic rings. The molecule has 0 aliphatic carbocycles. The summed E-state index contributed by atoms with van der Waals surface area (Å²) in [5.74, 6) is -2.04. The normalized spacial score (nSPS) is 16.5. The van der Waals surface area contributed by atoms with Crippen molar-refractivity contribution in [1.82, 2.24) is 9.47 Å². The van der Waals surface area contributed by atoms with Crippen molar-refractivity contribution in [1.29, 1.82) is 0 Å². The van der Waals surface area contributed by atoms with Crippen molar-refractivity contribution in [3.63, 3.8) is 0 Å². The van der Waals surface area contributed by atoms with Gasteiger partial charge in [0.1, 0.15) is 11.5 Å². The van der Waals surface area contributed by atoms with Gasteiger partial charge < -0.3 is 9.47 Å². The number of likely N-dealkylation sites (tertiary alicyclic amines) is 1. The number of nitrogens with zero attached hydrogens (tertiary/aromatic N) is 3. The molecule has 1 aromatic heterocycles. The average Bonchev–Trinajstić information content (AvgIpc) is 2.96. The van der Waals surface area contributed by atoms with Gasteiger partial charge in [-0.25, -0.2) is 8.42 Å². The number of carbonyl (C=O) groups is 2. The van der Waals surface area contributed by atoms with E-state index in [1.54, 1.807) is 4.90 Å². The summed E-state index contributed by atoms with van der Waals surface area (Å²) in [5.41, 5.74) is 0.935. The number of aryl methyl sites for hydroxylation is 1. The van der Waals surface area contributed by atoms with E-state index < -0.39 is 33.2 Å². The van der Waals surface area contributed by atoms with Crippen molar-refractivity contribution >= 4 is 59.1 Å². The zero-order chi connectivity index (χ0) is 21.2. The molecule has 29 heavy (non-hydrogen) atoms. The fourth-order valence-electron chi connectivity index (χ4n) is 3.35. The maximum Gasteiger partial charge on any atom is 0.263 e. The number of sulfone groups is 1. The lowest BCUT2D eigenvalue weighted by Gasteiger charge is -2.30. The Morgan fingerprint density at radius 3 is 2.59 bits per heavy atom. The Morgan fingerprint density at radius 2 is 1.93 bits per heavy atom. The highest BCUT2D eigenvalue weighted by molar-refractivity contribution is 9.10. The zero-order valence-corrected chi connectivity index (χ0v) is 19.6. The quantitative estimate of drug-likeness (QED) is 0.629. The van der Waals surface area contributed by atoms with Gasteiger partial charge in [0.15, 0.2) is 14.6 Å². The molecule has 0 bridgehead atoms. The summed E-state index contributed by atoms with van der Waals surface area (Å²) in [4.78, 5) is 30.7. The van der Waals surface area contributed by atoms with E-state index in [1.165, 1.54) is 11.3 Å². The topological polar surface area (TPSA) is 88.8 Å². The molecular weight excluding hydrogens is 478 g/mol. The third-order valence-corrected chi connectivity index (χ3v) is 7.91. The minimum atomic E-state index is -3.87. The molecule has 1 aliphatic rings. The first-order valence-corrected chi connectivity index (χ1v) is 13.0. The molecule has 0 saturated carbocycles. The van der Waals surface area contributed by atoms with E-state index in [0.717, 1.165) is 27.5 Å². The predicted molar refractivity (Wildman–Crippen MR) is 117 cm³/mol. The Morgan fingerprint density at radius 1 is 1.24 bits per heavy atom. The van der Waals surface area contributed by atoms with Gasteiger partial charge in [-0.3, -0.25) is 9.59 Å². The Bertz CT molecular complexity index is 1100. The second-order valence-corrected chi connectivity index (χ2v) is 11.3. The largest absolute Gasteiger partial charge is 0.342 e. The molecule has 0 radical (unpaired) electrons. The molecule has 1 aliphatic heterocycles. The lowest BCUT2D eigenvalue weighted by atomic mass is 9.99. The number of piperidine rings is 1. The van der Waals surface area contributed by atoms with E-state index in [1.807, 2.05) is 29.7 Å². The number of aromatic nitrogens is 1. The van der Waals surface area contributed by atoms with Crippen molar-refractivity contribution < 1.29 is 18.0 Å². The fraction of sp³-hybridized carbons (Fsp3) is 0.526. The summed E-state index contributed by atoms with van der Waals surface area (Å²) in [5, 5.41) is 0. The number of rotatable bonds is 5. The summed E-state index contributed by atoms with van der Waals surface area (Å²) in [7, 11) is -3.87. The monoisotopic (exact) mass is 501 g/mol. The SMILES string of the molecule is CCn1c(=NC(=O)CS(=O)(=O)CC(=O)N2CCC(C)CC2)sc2cc(Br)ccc21. The Hall–Kier alpha value is -1.52. The molecule has 0 spiro atoms. The summed E-state index contributed by atoms with van der Waals surface area (Å²) in [6.07, 6.45) is 1.75. The van der Waals surface area contributed by atoms with Crippen LogP contribution in [0.3, 0.4) is 0 Å². The van der Waals surface area contributed by atoms with Crippen LogP contribution in [0.25, 0.3) is 10.2 Å². The van der Waals surface area contributed by atoms with Crippen LogP contribution in [0.2, 0.25) is 0 Å². The van der Waals surface area contributed by atoms with Crippen LogP contribution in [0.5, 0.6) is 0 Å². The number of thiazole rings is 1. The Kier molecular flexibility index (Phi) is 6.95. The number of hydrogen-bond acceptors (Lipinski definition) is 5. The van der Waals surface area contributed by atoms with Crippen LogP contribution in [0.1, 0.15) is 26.7 Å². The molecule has 2 heterocycles. The van der Waals surface area contributed by atoms with Crippen LogP contribution in [-0.2, 0) is 26.0 Å². The summed E-state index contributed by atoms with van der Waals surface area (Å²) < 4.78 is 28.5. The molecule has 1 aromatic carbocycles. The van der Waals surface area contributed by atoms with Gasteiger partial charge in [0.2, 0.25) is 5.91 Å². The number of amides is 2. The maximum absolute atomic E-state index is 12.4. The fourth-order valence-corrected chi connectivity index (χ4v) is 6.12. The summed E-state index contributed by atoms with van der Waals surface area (Å²) in [6, 6.07) is 5.77. The Balaban J connectivity index is 1.74. The predicted octanol–water partition coefficient (Wildman–Crippen LogP) is 2.59. The van der Waals surface area contributed by atoms with E-state index in [2.05, 4.69) is 27.8 Å². The van der Waals surface area contributed by atoms with Crippen molar-refractivity contribution in [2.24, 2.45) is 10.9 Å². The van der Waals surface area contributed by atoms with Crippen molar-refractivity contribution in [2.45, 2.75) is 33.2 Å². The van der Waals surface area contributed by atoms with Gasteiger partial charge in [-0.15, -0.1) is 0 Å². The van der Waals surface area contributed by atoms with Gasteiger partial charge >= 0.3 is 0 Å². The first kappa shape index (κ1) is 22.2. The summed E-state index contributed by atoms with van der Waals surface area (Å²) in [6.45, 7) is 5.80. The smallest absolute Gasteiger partial charge is 0.263 e. The second-order valence-electron chi connectivity index (χ2n) is 7.34. The van der Waals surface area contributed by atoms with Crippen LogP contribution < -0.4 is 4.80 Å². The minimum Gasteiger partial charge on any atom is -0.342 e. The molecule has 7 nitrogen and oxygen atoms in total. The molecule has 3 rings (SSSR count). The van der Waals surface area contributed by atoms with Gasteiger partial charge in [0.25, 0.3) is 5.91 Å². The van der Waals surface area contributed by atoms with E-state index in [4.69, 9.17) is 0 Å². The Labute approximate surface area is 182 Å². The highest BCUT2D eigenvalue weighted by Crippen LogP contribution is 2.22. The van der Waals surface area contributed by atoms with Gasteiger partial charge in [-0.05, 0) is 43.9 Å². The molecule has 10 heteroatoms. The highest BCUT2D eigenvalue weighted by Gasteiger charge is 2.26. The van der Waals surface area contributed by atoms with Gasteiger partial charge in [-0.2, -0.15) is 4.99 Å². The van der Waals surface area contributed by atoms with Gasteiger partial charge in [-0.1, -0.05) is 34.2 Å². The number of carbonyl (C=O) groups excluding carboxylic acids is 2. The van der Waals surface area contributed by atoms with E-state index in [0.29, 0.717) is 30.4 Å². The number of fused-ring (bicyclic) bond motifs is 1. The van der Waals surface area contributed by atoms with E-state index >= 15 is 0 Å². The average molecular weight is 502 g/mol. The molecule has 0 atom stereocenters. The van der Waals surface area contributed by atoms with Gasteiger partial charge in [0, 0.05) is 24.1 Å². The molecule has 2 amide bonds. The van der Waals surface area contributed by atoms with Crippen LogP contribution in [-0.4, -0.2) is 54.3 Å². The zero-order valence-electron chi connectivity index (χ0n) is 16.4.